The molecule has 1 aliphatic heterocycles. The van der Waals surface area contributed by atoms with E-state index < -0.39 is 0 Å². The van der Waals surface area contributed by atoms with Crippen molar-refractivity contribution < 1.29 is 13.9 Å². The molecule has 2 heterocycles. The number of para-hydroxylation sites is 1. The maximum absolute atomic E-state index is 13.1. The second-order valence-electron chi connectivity index (χ2n) is 7.33. The molecule has 2 aromatic carbocycles. The van der Waals surface area contributed by atoms with Crippen molar-refractivity contribution in [3.8, 4) is 5.75 Å². The van der Waals surface area contributed by atoms with Gasteiger partial charge in [0.15, 0.2) is 5.16 Å². The highest BCUT2D eigenvalue weighted by atomic mass is 32.2. The van der Waals surface area contributed by atoms with Gasteiger partial charge in [-0.05, 0) is 42.8 Å². The minimum atomic E-state index is -0.289. The zero-order valence-electron chi connectivity index (χ0n) is 17.3. The maximum Gasteiger partial charge on any atom is 0.262 e. The first-order valence-corrected chi connectivity index (χ1v) is 11.5. The monoisotopic (exact) mass is 443 g/mol. The van der Waals surface area contributed by atoms with E-state index in [1.54, 1.807) is 16.7 Å². The van der Waals surface area contributed by atoms with Crippen molar-refractivity contribution in [3.05, 3.63) is 64.7 Å². The van der Waals surface area contributed by atoms with Crippen LogP contribution in [0, 0.1) is 5.82 Å². The lowest BCUT2D eigenvalue weighted by molar-refractivity contribution is 0.0368. The number of hydrogen-bond donors (Lipinski definition) is 0. The van der Waals surface area contributed by atoms with Crippen LogP contribution in [0.2, 0.25) is 0 Å². The Bertz CT molecular complexity index is 1050. The van der Waals surface area contributed by atoms with Crippen LogP contribution < -0.4 is 10.3 Å². The van der Waals surface area contributed by atoms with Crippen LogP contribution in [-0.2, 0) is 11.3 Å². The van der Waals surface area contributed by atoms with Crippen LogP contribution in [0.15, 0.2) is 58.5 Å². The number of hydrogen-bond acceptors (Lipinski definition) is 6. The number of benzene rings is 2. The Hall–Kier alpha value is -2.42. The molecule has 0 unspecified atom stereocenters. The van der Waals surface area contributed by atoms with Gasteiger partial charge in [0.25, 0.3) is 5.56 Å². The summed E-state index contributed by atoms with van der Waals surface area (Å²) in [4.78, 5) is 20.2. The number of thioether (sulfide) groups is 1. The van der Waals surface area contributed by atoms with Crippen LogP contribution in [0.4, 0.5) is 4.39 Å². The van der Waals surface area contributed by atoms with Gasteiger partial charge < -0.3 is 9.47 Å². The smallest absolute Gasteiger partial charge is 0.262 e. The van der Waals surface area contributed by atoms with Gasteiger partial charge in [0.2, 0.25) is 0 Å². The fourth-order valence-electron chi connectivity index (χ4n) is 3.56. The van der Waals surface area contributed by atoms with Gasteiger partial charge in [0.1, 0.15) is 11.6 Å². The van der Waals surface area contributed by atoms with Crippen molar-refractivity contribution >= 4 is 22.7 Å². The third kappa shape index (κ3) is 5.84. The summed E-state index contributed by atoms with van der Waals surface area (Å²) in [6.45, 7) is 5.40. The van der Waals surface area contributed by atoms with Gasteiger partial charge in [0, 0.05) is 31.9 Å². The van der Waals surface area contributed by atoms with Gasteiger partial charge in [-0.3, -0.25) is 14.3 Å². The van der Waals surface area contributed by atoms with Gasteiger partial charge in [-0.1, -0.05) is 23.9 Å². The summed E-state index contributed by atoms with van der Waals surface area (Å²) in [5, 5.41) is 1.34. The van der Waals surface area contributed by atoms with E-state index in [1.807, 2.05) is 24.3 Å². The Labute approximate surface area is 185 Å². The Morgan fingerprint density at radius 3 is 2.65 bits per heavy atom. The van der Waals surface area contributed by atoms with Crippen molar-refractivity contribution in [2.75, 3.05) is 45.2 Å². The third-order valence-electron chi connectivity index (χ3n) is 5.18. The predicted molar refractivity (Wildman–Crippen MR) is 120 cm³/mol. The average Bonchev–Trinajstić information content (AvgIpc) is 2.80. The SMILES string of the molecule is O=c1c2ccccc2nc(SCCOc2ccc(F)cc2)n1CCCN1CCOCC1. The number of halogens is 1. The molecule has 8 heteroatoms. The number of aromatic nitrogens is 2. The van der Waals surface area contributed by atoms with E-state index >= 15 is 0 Å². The van der Waals surface area contributed by atoms with E-state index in [1.165, 1.54) is 23.9 Å². The summed E-state index contributed by atoms with van der Waals surface area (Å²) in [7, 11) is 0. The van der Waals surface area contributed by atoms with E-state index in [-0.39, 0.29) is 11.4 Å². The first-order chi connectivity index (χ1) is 15.2. The fourth-order valence-corrected chi connectivity index (χ4v) is 4.40. The Balaban J connectivity index is 1.42. The van der Waals surface area contributed by atoms with E-state index in [4.69, 9.17) is 14.5 Å². The molecule has 0 spiro atoms. The molecule has 0 bridgehead atoms. The number of ether oxygens (including phenoxy) is 2. The molecule has 0 aliphatic carbocycles. The standard InChI is InChI=1S/C23H26FN3O3S/c24-18-6-8-19(9-7-18)30-16-17-31-23-25-21-5-2-1-4-20(21)22(28)27(23)11-3-10-26-12-14-29-15-13-26/h1-2,4-9H,3,10-17H2. The molecule has 1 aliphatic rings. The number of morpholine rings is 1. The molecule has 1 aromatic heterocycles. The van der Waals surface area contributed by atoms with Crippen molar-refractivity contribution in [1.29, 1.82) is 0 Å². The van der Waals surface area contributed by atoms with Crippen LogP contribution >= 0.6 is 11.8 Å². The van der Waals surface area contributed by atoms with E-state index in [9.17, 15) is 9.18 Å². The van der Waals surface area contributed by atoms with Crippen molar-refractivity contribution in [2.24, 2.45) is 0 Å². The molecular formula is C23H26FN3O3S. The first-order valence-electron chi connectivity index (χ1n) is 10.5. The van der Waals surface area contributed by atoms with Crippen LogP contribution in [0.1, 0.15) is 6.42 Å². The van der Waals surface area contributed by atoms with Crippen LogP contribution in [-0.4, -0.2) is 59.7 Å². The van der Waals surface area contributed by atoms with Gasteiger partial charge in [-0.25, -0.2) is 9.37 Å². The molecule has 0 N–H and O–H groups in total. The van der Waals surface area contributed by atoms with Gasteiger partial charge in [-0.2, -0.15) is 0 Å². The summed E-state index contributed by atoms with van der Waals surface area (Å²) in [5.74, 6) is 0.963. The summed E-state index contributed by atoms with van der Waals surface area (Å²) in [5.41, 5.74) is 0.702. The third-order valence-corrected chi connectivity index (χ3v) is 6.12. The molecule has 0 amide bonds. The molecule has 0 radical (unpaired) electrons. The predicted octanol–water partition coefficient (Wildman–Crippen LogP) is 3.43. The van der Waals surface area contributed by atoms with Crippen molar-refractivity contribution in [2.45, 2.75) is 18.1 Å². The molecule has 1 saturated heterocycles. The lowest BCUT2D eigenvalue weighted by Crippen LogP contribution is -2.37. The Morgan fingerprint density at radius 1 is 1.06 bits per heavy atom. The van der Waals surface area contributed by atoms with E-state index in [0.717, 1.165) is 39.3 Å². The van der Waals surface area contributed by atoms with Gasteiger partial charge in [0.05, 0.1) is 30.7 Å². The molecular weight excluding hydrogens is 417 g/mol. The molecule has 0 atom stereocenters. The minimum absolute atomic E-state index is 0.00506. The second-order valence-corrected chi connectivity index (χ2v) is 8.39. The lowest BCUT2D eigenvalue weighted by Gasteiger charge is -2.26. The molecule has 0 saturated carbocycles. The Kier molecular flexibility index (Phi) is 7.56. The van der Waals surface area contributed by atoms with Crippen LogP contribution in [0.5, 0.6) is 5.75 Å². The molecule has 3 aromatic rings. The number of fused-ring (bicyclic) bond motifs is 1. The van der Waals surface area contributed by atoms with Gasteiger partial charge >= 0.3 is 0 Å². The quantitative estimate of drug-likeness (QED) is 0.287. The highest BCUT2D eigenvalue weighted by molar-refractivity contribution is 7.99. The zero-order chi connectivity index (χ0) is 21.5. The van der Waals surface area contributed by atoms with Crippen LogP contribution in [0.25, 0.3) is 10.9 Å². The second kappa shape index (κ2) is 10.7. The van der Waals surface area contributed by atoms with Crippen molar-refractivity contribution in [3.63, 3.8) is 0 Å². The summed E-state index contributed by atoms with van der Waals surface area (Å²) in [6, 6.07) is 13.4. The number of rotatable bonds is 9. The largest absolute Gasteiger partial charge is 0.493 e. The number of nitrogens with zero attached hydrogens (tertiary/aromatic N) is 3. The average molecular weight is 444 g/mol. The molecule has 6 nitrogen and oxygen atoms in total. The highest BCUT2D eigenvalue weighted by Crippen LogP contribution is 2.19. The molecule has 164 valence electrons. The Morgan fingerprint density at radius 2 is 1.84 bits per heavy atom. The minimum Gasteiger partial charge on any atom is -0.493 e. The first kappa shape index (κ1) is 21.8. The van der Waals surface area contributed by atoms with Crippen molar-refractivity contribution in [1.82, 2.24) is 14.5 Å². The molecule has 1 fully saturated rings. The highest BCUT2D eigenvalue weighted by Gasteiger charge is 2.14. The summed E-state index contributed by atoms with van der Waals surface area (Å²) < 4.78 is 25.9. The van der Waals surface area contributed by atoms with Gasteiger partial charge in [-0.15, -0.1) is 0 Å². The topological polar surface area (TPSA) is 56.6 Å². The lowest BCUT2D eigenvalue weighted by atomic mass is 10.2. The summed E-state index contributed by atoms with van der Waals surface area (Å²) >= 11 is 1.50. The van der Waals surface area contributed by atoms with Crippen LogP contribution in [0.3, 0.4) is 0 Å². The fraction of sp³-hybridized carbons (Fsp3) is 0.391. The molecule has 4 rings (SSSR count). The normalized spacial score (nSPS) is 14.7. The maximum atomic E-state index is 13.1. The van der Waals surface area contributed by atoms with E-state index in [0.29, 0.717) is 40.7 Å². The molecule has 31 heavy (non-hydrogen) atoms. The van der Waals surface area contributed by atoms with E-state index in [2.05, 4.69) is 4.90 Å². The zero-order valence-corrected chi connectivity index (χ0v) is 18.2. The summed E-state index contributed by atoms with van der Waals surface area (Å²) in [6.07, 6.45) is 0.875.